The molecule has 2 aromatic carbocycles. The third-order valence-electron chi connectivity index (χ3n) is 6.33. The smallest absolute Gasteiger partial charge is 0.421 e. The maximum Gasteiger partial charge on any atom is 0.421 e. The van der Waals surface area contributed by atoms with Crippen molar-refractivity contribution in [3.63, 3.8) is 0 Å². The van der Waals surface area contributed by atoms with Crippen LogP contribution in [0.1, 0.15) is 19.4 Å². The van der Waals surface area contributed by atoms with Crippen molar-refractivity contribution < 1.29 is 27.5 Å². The van der Waals surface area contributed by atoms with Crippen LogP contribution in [0.25, 0.3) is 0 Å². The second-order valence-electron chi connectivity index (χ2n) is 9.15. The number of anilines is 6. The second-order valence-corrected chi connectivity index (χ2v) is 9.15. The topological polar surface area (TPSA) is 112 Å². The first kappa shape index (κ1) is 29.2. The molecular weight excluding hydrogens is 539 g/mol. The van der Waals surface area contributed by atoms with Gasteiger partial charge in [-0.15, -0.1) is 0 Å². The number of benzene rings is 2. The molecule has 41 heavy (non-hydrogen) atoms. The first-order chi connectivity index (χ1) is 19.6. The fraction of sp³-hybridized carbons (Fsp3) is 0.286. The predicted molar refractivity (Wildman–Crippen MR) is 151 cm³/mol. The summed E-state index contributed by atoms with van der Waals surface area (Å²) in [5, 5.41) is 8.28. The molecular formula is C28H30F3N7O3. The van der Waals surface area contributed by atoms with Gasteiger partial charge in [0.05, 0.1) is 12.8 Å². The fourth-order valence-electron chi connectivity index (χ4n) is 4.27. The van der Waals surface area contributed by atoms with Crippen LogP contribution in [0.3, 0.4) is 0 Å². The number of allylic oxidation sites excluding steroid dienone is 1. The molecule has 2 amide bonds. The zero-order valence-electron chi connectivity index (χ0n) is 22.7. The molecule has 0 radical (unpaired) electrons. The Morgan fingerprint density at radius 1 is 1.02 bits per heavy atom. The summed E-state index contributed by atoms with van der Waals surface area (Å²) in [7, 11) is 1.49. The Hall–Kier alpha value is -4.81. The number of amides is 2. The molecule has 1 saturated heterocycles. The van der Waals surface area contributed by atoms with E-state index < -0.39 is 17.6 Å². The molecule has 13 heteroatoms. The van der Waals surface area contributed by atoms with Crippen molar-refractivity contribution in [2.75, 3.05) is 54.1 Å². The molecule has 0 spiro atoms. The number of nitrogens with one attached hydrogen (secondary N) is 3. The van der Waals surface area contributed by atoms with E-state index in [4.69, 9.17) is 4.74 Å². The molecule has 216 valence electrons. The van der Waals surface area contributed by atoms with Crippen LogP contribution >= 0.6 is 0 Å². The highest BCUT2D eigenvalue weighted by molar-refractivity contribution is 5.99. The molecule has 1 fully saturated rings. The van der Waals surface area contributed by atoms with Gasteiger partial charge in [0.15, 0.2) is 0 Å². The fourth-order valence-corrected chi connectivity index (χ4v) is 4.27. The number of carbonyl (C=O) groups excluding carboxylic acids is 2. The molecule has 3 N–H and O–H groups in total. The Kier molecular flexibility index (Phi) is 8.95. The van der Waals surface area contributed by atoms with Crippen LogP contribution in [0.2, 0.25) is 0 Å². The number of hydrogen-bond acceptors (Lipinski definition) is 8. The van der Waals surface area contributed by atoms with E-state index in [1.54, 1.807) is 49.1 Å². The van der Waals surface area contributed by atoms with Gasteiger partial charge in [-0.1, -0.05) is 12.1 Å². The largest absolute Gasteiger partial charge is 0.494 e. The van der Waals surface area contributed by atoms with Crippen molar-refractivity contribution >= 4 is 46.3 Å². The van der Waals surface area contributed by atoms with E-state index in [0.29, 0.717) is 49.5 Å². The lowest BCUT2D eigenvalue weighted by Crippen LogP contribution is -2.48. The van der Waals surface area contributed by atoms with Crippen molar-refractivity contribution in [2.45, 2.75) is 20.0 Å². The molecule has 4 rings (SSSR count). The van der Waals surface area contributed by atoms with Gasteiger partial charge in [-0.25, -0.2) is 4.98 Å². The summed E-state index contributed by atoms with van der Waals surface area (Å²) in [6.45, 7) is 5.78. The summed E-state index contributed by atoms with van der Waals surface area (Å²) in [5.74, 6) is -0.437. The van der Waals surface area contributed by atoms with Gasteiger partial charge in [-0.05, 0) is 43.3 Å². The summed E-state index contributed by atoms with van der Waals surface area (Å²) in [4.78, 5) is 35.4. The van der Waals surface area contributed by atoms with Gasteiger partial charge in [0.1, 0.15) is 17.1 Å². The van der Waals surface area contributed by atoms with Crippen LogP contribution in [-0.4, -0.2) is 60.0 Å². The summed E-state index contributed by atoms with van der Waals surface area (Å²) in [5.41, 5.74) is 0.959. The van der Waals surface area contributed by atoms with Gasteiger partial charge >= 0.3 is 6.18 Å². The minimum atomic E-state index is -4.72. The van der Waals surface area contributed by atoms with Crippen molar-refractivity contribution in [3.8, 4) is 5.75 Å². The number of hydrogen-bond donors (Lipinski definition) is 3. The minimum absolute atomic E-state index is 0.0380. The van der Waals surface area contributed by atoms with Gasteiger partial charge in [-0.2, -0.15) is 18.2 Å². The summed E-state index contributed by atoms with van der Waals surface area (Å²) >= 11 is 0. The average Bonchev–Trinajstić information content (AvgIpc) is 2.93. The van der Waals surface area contributed by atoms with E-state index in [1.807, 2.05) is 12.1 Å². The van der Waals surface area contributed by atoms with Gasteiger partial charge in [0, 0.05) is 62.4 Å². The molecule has 0 bridgehead atoms. The van der Waals surface area contributed by atoms with E-state index in [-0.39, 0.29) is 23.5 Å². The maximum atomic E-state index is 13.8. The lowest BCUT2D eigenvalue weighted by Gasteiger charge is -2.35. The standard InChI is InChI=1S/C28H30F3N7O3/c1-4-6-25(40)33-19-7-5-8-20(15-19)34-26-22(28(29,30)31)17-32-27(36-26)35-23-10-9-21(16-24(23)41-3)38-13-11-37(12-14-38)18(2)39/h4-10,15-17H,11-14H2,1-3H3,(H,33,40)(H2,32,34,35,36)/b6-4+. The lowest BCUT2D eigenvalue weighted by molar-refractivity contribution is -0.137. The lowest BCUT2D eigenvalue weighted by atomic mass is 10.2. The van der Waals surface area contributed by atoms with Crippen molar-refractivity contribution in [2.24, 2.45) is 0 Å². The van der Waals surface area contributed by atoms with Crippen LogP contribution in [0.5, 0.6) is 5.75 Å². The molecule has 2 heterocycles. The number of nitrogens with zero attached hydrogens (tertiary/aromatic N) is 4. The molecule has 0 atom stereocenters. The number of methoxy groups -OCH3 is 1. The first-order valence-electron chi connectivity index (χ1n) is 12.8. The predicted octanol–water partition coefficient (Wildman–Crippen LogP) is 5.17. The Morgan fingerprint density at radius 2 is 1.76 bits per heavy atom. The summed E-state index contributed by atoms with van der Waals surface area (Å²) in [6.07, 6.45) is -1.11. The highest BCUT2D eigenvalue weighted by Gasteiger charge is 2.35. The molecule has 0 unspecified atom stereocenters. The number of carbonyl (C=O) groups is 2. The normalized spacial score (nSPS) is 13.7. The Balaban J connectivity index is 1.56. The van der Waals surface area contributed by atoms with Crippen molar-refractivity contribution in [1.29, 1.82) is 0 Å². The van der Waals surface area contributed by atoms with E-state index in [0.717, 1.165) is 5.69 Å². The molecule has 1 aliphatic heterocycles. The Labute approximate surface area is 235 Å². The Bertz CT molecular complexity index is 1440. The SMILES string of the molecule is C/C=C/C(=O)Nc1cccc(Nc2nc(Nc3ccc(N4CCN(C(C)=O)CC4)cc3OC)ncc2C(F)(F)F)c1. The molecule has 10 nitrogen and oxygen atoms in total. The summed E-state index contributed by atoms with van der Waals surface area (Å²) < 4.78 is 46.9. The van der Waals surface area contributed by atoms with E-state index in [1.165, 1.54) is 19.3 Å². The summed E-state index contributed by atoms with van der Waals surface area (Å²) in [6, 6.07) is 11.6. The Morgan fingerprint density at radius 3 is 2.41 bits per heavy atom. The zero-order chi connectivity index (χ0) is 29.6. The highest BCUT2D eigenvalue weighted by atomic mass is 19.4. The maximum absolute atomic E-state index is 13.8. The average molecular weight is 570 g/mol. The molecule has 0 saturated carbocycles. The van der Waals surface area contributed by atoms with Crippen molar-refractivity contribution in [3.05, 3.63) is 66.4 Å². The third kappa shape index (κ3) is 7.44. The molecule has 1 aromatic heterocycles. The van der Waals surface area contributed by atoms with Crippen LogP contribution in [-0.2, 0) is 15.8 Å². The minimum Gasteiger partial charge on any atom is -0.494 e. The highest BCUT2D eigenvalue weighted by Crippen LogP contribution is 2.37. The zero-order valence-corrected chi connectivity index (χ0v) is 22.7. The van der Waals surface area contributed by atoms with Crippen LogP contribution in [0, 0.1) is 0 Å². The monoisotopic (exact) mass is 569 g/mol. The second kappa shape index (κ2) is 12.6. The van der Waals surface area contributed by atoms with E-state index in [9.17, 15) is 22.8 Å². The van der Waals surface area contributed by atoms with Gasteiger partial charge in [0.2, 0.25) is 17.8 Å². The number of halogens is 3. The van der Waals surface area contributed by atoms with Crippen LogP contribution in [0.4, 0.5) is 47.7 Å². The van der Waals surface area contributed by atoms with Crippen LogP contribution in [0.15, 0.2) is 60.8 Å². The number of rotatable bonds is 8. The number of aromatic nitrogens is 2. The number of ether oxygens (including phenoxy) is 1. The molecule has 0 aliphatic carbocycles. The first-order valence-corrected chi connectivity index (χ1v) is 12.8. The van der Waals surface area contributed by atoms with Gasteiger partial charge in [-0.3, -0.25) is 9.59 Å². The van der Waals surface area contributed by atoms with E-state index >= 15 is 0 Å². The van der Waals surface area contributed by atoms with Crippen LogP contribution < -0.4 is 25.6 Å². The van der Waals surface area contributed by atoms with Gasteiger partial charge in [0.25, 0.3) is 0 Å². The number of alkyl halides is 3. The van der Waals surface area contributed by atoms with Gasteiger partial charge < -0.3 is 30.5 Å². The third-order valence-corrected chi connectivity index (χ3v) is 6.33. The van der Waals surface area contributed by atoms with Crippen molar-refractivity contribution in [1.82, 2.24) is 14.9 Å². The number of piperazine rings is 1. The quantitative estimate of drug-likeness (QED) is 0.319. The molecule has 1 aliphatic rings. The molecule has 3 aromatic rings. The van der Waals surface area contributed by atoms with E-state index in [2.05, 4.69) is 30.8 Å².